The average molecular weight is 322 g/mol. The first kappa shape index (κ1) is 14.4. The topological polar surface area (TPSA) is 72.6 Å². The lowest BCUT2D eigenvalue weighted by atomic mass is 10.2. The molecule has 0 saturated heterocycles. The normalized spacial score (nSPS) is 13.1. The molecule has 0 bridgehead atoms. The van der Waals surface area contributed by atoms with E-state index in [2.05, 4.69) is 4.98 Å². The van der Waals surface area contributed by atoms with Crippen molar-refractivity contribution in [3.05, 3.63) is 60.0 Å². The standard InChI is InChI=1S/C18H14N2O4/c21-17(20-8-7-12-3-1-2-4-15(12)20)10-23-18(22)13-5-6-16-14(9-13)19-11-24-16/h1-6,9,11H,7-8,10H2. The van der Waals surface area contributed by atoms with Gasteiger partial charge in [0, 0.05) is 12.2 Å². The molecule has 0 fully saturated rings. The van der Waals surface area contributed by atoms with Gasteiger partial charge in [0.15, 0.2) is 18.6 Å². The van der Waals surface area contributed by atoms with E-state index in [1.54, 1.807) is 23.1 Å². The molecule has 0 radical (unpaired) electrons. The summed E-state index contributed by atoms with van der Waals surface area (Å²) >= 11 is 0. The number of hydrogen-bond donors (Lipinski definition) is 0. The van der Waals surface area contributed by atoms with E-state index in [0.717, 1.165) is 17.7 Å². The summed E-state index contributed by atoms with van der Waals surface area (Å²) in [7, 11) is 0. The third-order valence-electron chi connectivity index (χ3n) is 4.08. The maximum Gasteiger partial charge on any atom is 0.338 e. The van der Waals surface area contributed by atoms with Crippen molar-refractivity contribution < 1.29 is 18.7 Å². The van der Waals surface area contributed by atoms with Gasteiger partial charge in [0.1, 0.15) is 5.52 Å². The maximum absolute atomic E-state index is 12.3. The highest BCUT2D eigenvalue weighted by Crippen LogP contribution is 2.27. The Morgan fingerprint density at radius 3 is 3.00 bits per heavy atom. The summed E-state index contributed by atoms with van der Waals surface area (Å²) in [5.74, 6) is -0.781. The third kappa shape index (κ3) is 2.52. The van der Waals surface area contributed by atoms with Gasteiger partial charge in [-0.2, -0.15) is 0 Å². The number of oxazole rings is 1. The molecule has 1 amide bonds. The van der Waals surface area contributed by atoms with E-state index in [9.17, 15) is 9.59 Å². The van der Waals surface area contributed by atoms with Gasteiger partial charge in [-0.15, -0.1) is 0 Å². The number of amides is 1. The highest BCUT2D eigenvalue weighted by atomic mass is 16.5. The lowest BCUT2D eigenvalue weighted by Crippen LogP contribution is -2.33. The first-order valence-electron chi connectivity index (χ1n) is 7.61. The van der Waals surface area contributed by atoms with E-state index >= 15 is 0 Å². The van der Waals surface area contributed by atoms with Crippen LogP contribution in [0.25, 0.3) is 11.1 Å². The Hall–Kier alpha value is -3.15. The number of carbonyl (C=O) groups is 2. The SMILES string of the molecule is O=C(OCC(=O)N1CCc2ccccc21)c1ccc2ocnc2c1. The van der Waals surface area contributed by atoms with Crippen LogP contribution in [0.15, 0.2) is 53.3 Å². The molecule has 1 aliphatic rings. The van der Waals surface area contributed by atoms with Crippen molar-refractivity contribution in [2.45, 2.75) is 6.42 Å². The molecule has 2 heterocycles. The average Bonchev–Trinajstić information content (AvgIpc) is 3.25. The zero-order valence-electron chi connectivity index (χ0n) is 12.8. The van der Waals surface area contributed by atoms with Gasteiger partial charge in [0.05, 0.1) is 5.56 Å². The summed E-state index contributed by atoms with van der Waals surface area (Å²) in [4.78, 5) is 30.1. The second-order valence-corrected chi connectivity index (χ2v) is 5.54. The molecule has 0 N–H and O–H groups in total. The smallest absolute Gasteiger partial charge is 0.338 e. The summed E-state index contributed by atoms with van der Waals surface area (Å²) in [6.45, 7) is 0.324. The number of para-hydroxylation sites is 1. The van der Waals surface area contributed by atoms with Crippen molar-refractivity contribution in [2.24, 2.45) is 0 Å². The first-order chi connectivity index (χ1) is 11.7. The summed E-state index contributed by atoms with van der Waals surface area (Å²) in [5, 5.41) is 0. The second-order valence-electron chi connectivity index (χ2n) is 5.54. The fourth-order valence-electron chi connectivity index (χ4n) is 2.87. The predicted molar refractivity (Wildman–Crippen MR) is 86.8 cm³/mol. The molecule has 0 unspecified atom stereocenters. The molecule has 0 atom stereocenters. The number of benzene rings is 2. The van der Waals surface area contributed by atoms with Gasteiger partial charge in [-0.05, 0) is 36.2 Å². The highest BCUT2D eigenvalue weighted by Gasteiger charge is 2.25. The molecule has 0 aliphatic carbocycles. The van der Waals surface area contributed by atoms with Gasteiger partial charge >= 0.3 is 5.97 Å². The van der Waals surface area contributed by atoms with Crippen LogP contribution >= 0.6 is 0 Å². The summed E-state index contributed by atoms with van der Waals surface area (Å²) < 4.78 is 10.3. The number of aromatic nitrogens is 1. The number of esters is 1. The minimum Gasteiger partial charge on any atom is -0.452 e. The van der Waals surface area contributed by atoms with Crippen molar-refractivity contribution in [1.29, 1.82) is 0 Å². The molecule has 0 saturated carbocycles. The zero-order valence-corrected chi connectivity index (χ0v) is 12.8. The minimum atomic E-state index is -0.555. The van der Waals surface area contributed by atoms with Crippen molar-refractivity contribution in [3.63, 3.8) is 0 Å². The van der Waals surface area contributed by atoms with Gasteiger partial charge in [-0.1, -0.05) is 18.2 Å². The van der Waals surface area contributed by atoms with E-state index < -0.39 is 5.97 Å². The lowest BCUT2D eigenvalue weighted by molar-refractivity contribution is -0.121. The first-order valence-corrected chi connectivity index (χ1v) is 7.61. The van der Waals surface area contributed by atoms with Crippen molar-refractivity contribution >= 4 is 28.7 Å². The Balaban J connectivity index is 1.43. The Labute approximate surface area is 137 Å². The molecule has 1 aliphatic heterocycles. The van der Waals surface area contributed by atoms with Gasteiger partial charge in [0.25, 0.3) is 5.91 Å². The van der Waals surface area contributed by atoms with Crippen molar-refractivity contribution in [1.82, 2.24) is 4.98 Å². The van der Waals surface area contributed by atoms with Crippen LogP contribution in [0.4, 0.5) is 5.69 Å². The summed E-state index contributed by atoms with van der Waals surface area (Å²) in [6, 6.07) is 12.6. The Kier molecular flexibility index (Phi) is 3.49. The van der Waals surface area contributed by atoms with Crippen molar-refractivity contribution in [2.75, 3.05) is 18.1 Å². The highest BCUT2D eigenvalue weighted by molar-refractivity contribution is 5.99. The minimum absolute atomic E-state index is 0.226. The van der Waals surface area contributed by atoms with E-state index in [0.29, 0.717) is 23.2 Å². The van der Waals surface area contributed by atoms with Gasteiger partial charge < -0.3 is 14.1 Å². The number of nitrogens with zero attached hydrogens (tertiary/aromatic N) is 2. The molecule has 6 nitrogen and oxygen atoms in total. The Morgan fingerprint density at radius 1 is 1.21 bits per heavy atom. The Bertz CT molecular complexity index is 931. The molecule has 1 aromatic heterocycles. The summed E-state index contributed by atoms with van der Waals surface area (Å²) in [5.41, 5.74) is 3.53. The fraction of sp³-hybridized carbons (Fsp3) is 0.167. The number of anilines is 1. The van der Waals surface area contributed by atoms with Gasteiger partial charge in [0.2, 0.25) is 0 Å². The van der Waals surface area contributed by atoms with E-state index in [-0.39, 0.29) is 12.5 Å². The molecular formula is C18H14N2O4. The van der Waals surface area contributed by atoms with Crippen LogP contribution in [0.1, 0.15) is 15.9 Å². The predicted octanol–water partition coefficient (Wildman–Crippen LogP) is 2.57. The second kappa shape index (κ2) is 5.81. The number of carbonyl (C=O) groups excluding carboxylic acids is 2. The molecule has 6 heteroatoms. The lowest BCUT2D eigenvalue weighted by Gasteiger charge is -2.17. The van der Waals surface area contributed by atoms with Crippen LogP contribution in [0.3, 0.4) is 0 Å². The van der Waals surface area contributed by atoms with E-state index in [1.165, 1.54) is 6.39 Å². The molecule has 3 aromatic rings. The number of hydrogen-bond acceptors (Lipinski definition) is 5. The van der Waals surface area contributed by atoms with Crippen LogP contribution in [0.5, 0.6) is 0 Å². The van der Waals surface area contributed by atoms with Crippen LogP contribution in [-0.2, 0) is 16.0 Å². The molecule has 24 heavy (non-hydrogen) atoms. The van der Waals surface area contributed by atoms with Crippen LogP contribution in [0.2, 0.25) is 0 Å². The molecule has 2 aromatic carbocycles. The largest absolute Gasteiger partial charge is 0.452 e. The maximum atomic E-state index is 12.3. The van der Waals surface area contributed by atoms with E-state index in [1.807, 2.05) is 24.3 Å². The number of ether oxygens (including phenoxy) is 1. The van der Waals surface area contributed by atoms with Crippen LogP contribution in [0, 0.1) is 0 Å². The Morgan fingerprint density at radius 2 is 2.08 bits per heavy atom. The van der Waals surface area contributed by atoms with Gasteiger partial charge in [-0.25, -0.2) is 9.78 Å². The van der Waals surface area contributed by atoms with Gasteiger partial charge in [-0.3, -0.25) is 4.79 Å². The fourth-order valence-corrected chi connectivity index (χ4v) is 2.87. The molecular weight excluding hydrogens is 308 g/mol. The van der Waals surface area contributed by atoms with Crippen molar-refractivity contribution in [3.8, 4) is 0 Å². The van der Waals surface area contributed by atoms with Crippen LogP contribution < -0.4 is 4.90 Å². The monoisotopic (exact) mass is 322 g/mol. The molecule has 120 valence electrons. The molecule has 4 rings (SSSR count). The van der Waals surface area contributed by atoms with Crippen LogP contribution in [-0.4, -0.2) is 30.0 Å². The molecule has 0 spiro atoms. The zero-order chi connectivity index (χ0) is 16.5. The quantitative estimate of drug-likeness (QED) is 0.693. The third-order valence-corrected chi connectivity index (χ3v) is 4.08. The van der Waals surface area contributed by atoms with E-state index in [4.69, 9.17) is 9.15 Å². The number of rotatable bonds is 3. The summed E-state index contributed by atoms with van der Waals surface area (Å²) in [6.07, 6.45) is 2.13. The number of fused-ring (bicyclic) bond motifs is 2.